The monoisotopic (exact) mass is 472 g/mol. The first-order chi connectivity index (χ1) is 17.2. The van der Waals surface area contributed by atoms with Crippen molar-refractivity contribution in [2.45, 2.75) is 19.5 Å². The van der Waals surface area contributed by atoms with Crippen LogP contribution in [0.15, 0.2) is 78.9 Å². The van der Waals surface area contributed by atoms with Crippen LogP contribution in [0.1, 0.15) is 29.9 Å². The third-order valence-corrected chi connectivity index (χ3v) is 6.36. The van der Waals surface area contributed by atoms with E-state index in [0.717, 1.165) is 35.8 Å². The van der Waals surface area contributed by atoms with Gasteiger partial charge in [-0.25, -0.2) is 9.07 Å². The maximum absolute atomic E-state index is 14.4. The third-order valence-electron chi connectivity index (χ3n) is 6.36. The van der Waals surface area contributed by atoms with Gasteiger partial charge in [-0.2, -0.15) is 0 Å². The van der Waals surface area contributed by atoms with Crippen LogP contribution >= 0.6 is 0 Å². The van der Waals surface area contributed by atoms with Gasteiger partial charge in [-0.1, -0.05) is 54.6 Å². The second-order valence-corrected chi connectivity index (χ2v) is 8.56. The Morgan fingerprint density at radius 2 is 1.60 bits per heavy atom. The molecule has 0 amide bonds. The van der Waals surface area contributed by atoms with Crippen LogP contribution in [-0.4, -0.2) is 57.9 Å². The Bertz CT molecular complexity index is 1220. The average molecular weight is 473 g/mol. The molecule has 0 N–H and O–H groups in total. The zero-order chi connectivity index (χ0) is 24.0. The topological polar surface area (TPSA) is 59.3 Å². The van der Waals surface area contributed by atoms with Crippen molar-refractivity contribution < 1.29 is 9.13 Å². The molecule has 4 aromatic rings. The van der Waals surface area contributed by atoms with Crippen LogP contribution in [0.25, 0.3) is 0 Å². The molecule has 7 nitrogen and oxygen atoms in total. The first kappa shape index (κ1) is 23.0. The summed E-state index contributed by atoms with van der Waals surface area (Å²) in [6, 6.07) is 25.2. The smallest absolute Gasteiger partial charge is 0.173 e. The fourth-order valence-electron chi connectivity index (χ4n) is 4.64. The van der Waals surface area contributed by atoms with Crippen molar-refractivity contribution in [3.63, 3.8) is 0 Å². The van der Waals surface area contributed by atoms with Gasteiger partial charge in [0.05, 0.1) is 24.9 Å². The van der Waals surface area contributed by atoms with E-state index in [1.54, 1.807) is 6.07 Å². The average Bonchev–Trinajstić information content (AvgIpc) is 3.34. The summed E-state index contributed by atoms with van der Waals surface area (Å²) in [5.74, 6) is 1.44. The fraction of sp³-hybridized carbons (Fsp3) is 0.296. The van der Waals surface area contributed by atoms with Crippen LogP contribution in [0.2, 0.25) is 0 Å². The van der Waals surface area contributed by atoms with Crippen LogP contribution < -0.4 is 9.64 Å². The van der Waals surface area contributed by atoms with E-state index in [1.807, 2.05) is 54.1 Å². The SMILES string of the molecule is CCOc1ccc(C(c2nnnn2Cc2ccccc2)N2CCN(c3ccccc3F)CC2)cc1. The minimum absolute atomic E-state index is 0.132. The molecule has 3 aromatic carbocycles. The van der Waals surface area contributed by atoms with Gasteiger partial charge in [0.2, 0.25) is 0 Å². The summed E-state index contributed by atoms with van der Waals surface area (Å²) in [7, 11) is 0. The molecule has 1 aliphatic heterocycles. The van der Waals surface area contributed by atoms with Gasteiger partial charge in [0.1, 0.15) is 11.6 Å². The molecule has 2 heterocycles. The van der Waals surface area contributed by atoms with E-state index in [0.29, 0.717) is 31.9 Å². The van der Waals surface area contributed by atoms with Crippen LogP contribution in [0.4, 0.5) is 10.1 Å². The van der Waals surface area contributed by atoms with E-state index in [4.69, 9.17) is 4.74 Å². The molecule has 5 rings (SSSR count). The molecule has 0 bridgehead atoms. The number of hydrogen-bond donors (Lipinski definition) is 0. The number of hydrogen-bond acceptors (Lipinski definition) is 6. The molecular formula is C27H29FN6O. The number of aromatic nitrogens is 4. The van der Waals surface area contributed by atoms with Crippen molar-refractivity contribution in [3.05, 3.63) is 102 Å². The largest absolute Gasteiger partial charge is 0.494 e. The lowest BCUT2D eigenvalue weighted by molar-refractivity contribution is 0.201. The number of nitrogens with zero attached hydrogens (tertiary/aromatic N) is 6. The molecule has 35 heavy (non-hydrogen) atoms. The zero-order valence-corrected chi connectivity index (χ0v) is 19.8. The molecular weight excluding hydrogens is 443 g/mol. The Kier molecular flexibility index (Phi) is 6.99. The van der Waals surface area contributed by atoms with Gasteiger partial charge in [0.25, 0.3) is 0 Å². The van der Waals surface area contributed by atoms with Crippen molar-refractivity contribution >= 4 is 5.69 Å². The quantitative estimate of drug-likeness (QED) is 0.384. The number of tetrazole rings is 1. The van der Waals surface area contributed by atoms with E-state index in [9.17, 15) is 4.39 Å². The lowest BCUT2D eigenvalue weighted by Crippen LogP contribution is -2.48. The van der Waals surface area contributed by atoms with Crippen molar-refractivity contribution in [3.8, 4) is 5.75 Å². The Morgan fingerprint density at radius 1 is 0.886 bits per heavy atom. The predicted molar refractivity (Wildman–Crippen MR) is 133 cm³/mol. The second-order valence-electron chi connectivity index (χ2n) is 8.56. The summed E-state index contributed by atoms with van der Waals surface area (Å²) < 4.78 is 21.9. The molecule has 0 radical (unpaired) electrons. The highest BCUT2D eigenvalue weighted by Gasteiger charge is 2.31. The molecule has 0 spiro atoms. The third kappa shape index (κ3) is 5.17. The number of para-hydroxylation sites is 1. The maximum Gasteiger partial charge on any atom is 0.173 e. The van der Waals surface area contributed by atoms with Crippen molar-refractivity contribution in [1.82, 2.24) is 25.1 Å². The number of ether oxygens (including phenoxy) is 1. The second kappa shape index (κ2) is 10.7. The van der Waals surface area contributed by atoms with E-state index < -0.39 is 0 Å². The highest BCUT2D eigenvalue weighted by molar-refractivity contribution is 5.48. The fourth-order valence-corrected chi connectivity index (χ4v) is 4.64. The van der Waals surface area contributed by atoms with Crippen molar-refractivity contribution in [2.24, 2.45) is 0 Å². The minimum atomic E-state index is -0.184. The van der Waals surface area contributed by atoms with E-state index in [2.05, 4.69) is 49.6 Å². The Hall–Kier alpha value is -3.78. The number of piperazine rings is 1. The van der Waals surface area contributed by atoms with Gasteiger partial charge in [-0.15, -0.1) is 5.10 Å². The number of halogens is 1. The standard InChI is InChI=1S/C27H29FN6O/c1-2-35-23-14-12-22(13-15-23)26(27-29-30-31-34(27)20-21-8-4-3-5-9-21)33-18-16-32(17-19-33)25-11-7-6-10-24(25)28/h3-15,26H,2,16-20H2,1H3. The summed E-state index contributed by atoms with van der Waals surface area (Å²) in [6.45, 7) is 6.13. The first-order valence-corrected chi connectivity index (χ1v) is 12.0. The van der Waals surface area contributed by atoms with Crippen molar-refractivity contribution in [2.75, 3.05) is 37.7 Å². The lowest BCUT2D eigenvalue weighted by atomic mass is 10.0. The van der Waals surface area contributed by atoms with Gasteiger partial charge >= 0.3 is 0 Å². The highest BCUT2D eigenvalue weighted by atomic mass is 19.1. The van der Waals surface area contributed by atoms with Gasteiger partial charge in [-0.3, -0.25) is 4.90 Å². The molecule has 1 saturated heterocycles. The zero-order valence-electron chi connectivity index (χ0n) is 19.8. The normalized spacial score (nSPS) is 15.2. The summed E-state index contributed by atoms with van der Waals surface area (Å²) in [4.78, 5) is 4.48. The molecule has 180 valence electrons. The molecule has 0 aliphatic carbocycles. The van der Waals surface area contributed by atoms with Crippen LogP contribution in [0.5, 0.6) is 5.75 Å². The Balaban J connectivity index is 1.43. The van der Waals surface area contributed by atoms with Crippen LogP contribution in [0.3, 0.4) is 0 Å². The molecule has 1 unspecified atom stereocenters. The van der Waals surface area contributed by atoms with Gasteiger partial charge in [-0.05, 0) is 52.7 Å². The van der Waals surface area contributed by atoms with Crippen molar-refractivity contribution in [1.29, 1.82) is 0 Å². The Morgan fingerprint density at radius 3 is 2.31 bits per heavy atom. The van der Waals surface area contributed by atoms with Crippen LogP contribution in [0, 0.1) is 5.82 Å². The predicted octanol–water partition coefficient (Wildman–Crippen LogP) is 4.17. The molecule has 0 saturated carbocycles. The van der Waals surface area contributed by atoms with Gasteiger partial charge in [0.15, 0.2) is 5.82 Å². The van der Waals surface area contributed by atoms with Gasteiger partial charge < -0.3 is 9.64 Å². The molecule has 1 atom stereocenters. The number of rotatable bonds is 8. The number of benzene rings is 3. The highest BCUT2D eigenvalue weighted by Crippen LogP contribution is 2.31. The van der Waals surface area contributed by atoms with Crippen LogP contribution in [-0.2, 0) is 6.54 Å². The van der Waals surface area contributed by atoms with Gasteiger partial charge in [0, 0.05) is 26.2 Å². The molecule has 1 aromatic heterocycles. The summed E-state index contributed by atoms with van der Waals surface area (Å²) in [6.07, 6.45) is 0. The maximum atomic E-state index is 14.4. The minimum Gasteiger partial charge on any atom is -0.494 e. The van der Waals surface area contributed by atoms with E-state index >= 15 is 0 Å². The summed E-state index contributed by atoms with van der Waals surface area (Å²) >= 11 is 0. The van der Waals surface area contributed by atoms with E-state index in [-0.39, 0.29) is 11.9 Å². The molecule has 1 fully saturated rings. The first-order valence-electron chi connectivity index (χ1n) is 12.0. The lowest BCUT2D eigenvalue weighted by Gasteiger charge is -2.40. The molecule has 8 heteroatoms. The Labute approximate surface area is 204 Å². The number of anilines is 1. The summed E-state index contributed by atoms with van der Waals surface area (Å²) in [5.41, 5.74) is 2.88. The van der Waals surface area contributed by atoms with E-state index in [1.165, 1.54) is 6.07 Å². The summed E-state index contributed by atoms with van der Waals surface area (Å²) in [5, 5.41) is 12.8. The molecule has 1 aliphatic rings.